The lowest BCUT2D eigenvalue weighted by molar-refractivity contribution is -0.0818. The minimum absolute atomic E-state index is 0.575. The van der Waals surface area contributed by atoms with Crippen molar-refractivity contribution in [2.45, 2.75) is 24.1 Å². The van der Waals surface area contributed by atoms with Crippen molar-refractivity contribution < 1.29 is 9.47 Å². The highest BCUT2D eigenvalue weighted by Crippen LogP contribution is 2.46. The summed E-state index contributed by atoms with van der Waals surface area (Å²) in [5.41, 5.74) is 4.21. The molecule has 4 nitrogen and oxygen atoms in total. The van der Waals surface area contributed by atoms with Gasteiger partial charge in [-0.25, -0.2) is 4.98 Å². The highest BCUT2D eigenvalue weighted by atomic mass is 32.2. The number of aromatic nitrogens is 2. The monoisotopic (exact) mass is 352 g/mol. The van der Waals surface area contributed by atoms with Gasteiger partial charge in [0.2, 0.25) is 0 Å². The van der Waals surface area contributed by atoms with Crippen molar-refractivity contribution >= 4 is 11.8 Å². The van der Waals surface area contributed by atoms with E-state index in [4.69, 9.17) is 14.5 Å². The van der Waals surface area contributed by atoms with E-state index in [-0.39, 0.29) is 0 Å². The lowest BCUT2D eigenvalue weighted by Gasteiger charge is -2.26. The fourth-order valence-corrected chi connectivity index (χ4v) is 4.26. The lowest BCUT2D eigenvalue weighted by Crippen LogP contribution is -2.23. The molecule has 2 heterocycles. The van der Waals surface area contributed by atoms with Gasteiger partial charge in [-0.1, -0.05) is 48.5 Å². The first-order valence-corrected chi connectivity index (χ1v) is 9.15. The molecule has 0 atom stereocenters. The van der Waals surface area contributed by atoms with Gasteiger partial charge in [0, 0.05) is 16.9 Å². The normalized spacial score (nSPS) is 16.2. The van der Waals surface area contributed by atoms with Crippen molar-refractivity contribution in [3.63, 3.8) is 0 Å². The number of thioether (sulfide) groups is 1. The average Bonchev–Trinajstić information content (AvgIpc) is 3.23. The van der Waals surface area contributed by atoms with Crippen LogP contribution in [0.2, 0.25) is 0 Å². The Morgan fingerprint density at radius 1 is 0.920 bits per heavy atom. The minimum atomic E-state index is -0.849. The van der Waals surface area contributed by atoms with Gasteiger partial charge in [0.05, 0.1) is 18.9 Å². The second-order valence-electron chi connectivity index (χ2n) is 5.96. The summed E-state index contributed by atoms with van der Waals surface area (Å²) in [6.07, 6.45) is 0. The topological polar surface area (TPSA) is 36.3 Å². The molecule has 3 aromatic rings. The van der Waals surface area contributed by atoms with Crippen LogP contribution in [0.15, 0.2) is 65.8 Å². The Morgan fingerprint density at radius 2 is 1.52 bits per heavy atom. The second-order valence-corrected chi connectivity index (χ2v) is 7.06. The van der Waals surface area contributed by atoms with E-state index in [1.165, 1.54) is 11.8 Å². The van der Waals surface area contributed by atoms with Crippen LogP contribution in [-0.2, 0) is 14.6 Å². The fraction of sp³-hybridized carbons (Fsp3) is 0.250. The number of ether oxygens (including phenoxy) is 2. The standard InChI is InChI=1S/C20H20N2O2S/c1-15-16(2)22(18-11-7-4-8-12-18)19(21-15)25-20(23-13-14-24-20)17-9-5-3-6-10-17/h3-12H,13-14H2,1-2H3. The summed E-state index contributed by atoms with van der Waals surface area (Å²) in [6, 6.07) is 20.3. The summed E-state index contributed by atoms with van der Waals surface area (Å²) in [5.74, 6) is 0. The van der Waals surface area contributed by atoms with Crippen molar-refractivity contribution in [2.75, 3.05) is 13.2 Å². The van der Waals surface area contributed by atoms with E-state index in [9.17, 15) is 0 Å². The van der Waals surface area contributed by atoms with E-state index in [1.807, 2.05) is 55.5 Å². The van der Waals surface area contributed by atoms with Crippen molar-refractivity contribution in [2.24, 2.45) is 0 Å². The molecule has 0 spiro atoms. The summed E-state index contributed by atoms with van der Waals surface area (Å²) < 4.78 is 14.3. The number of imidazole rings is 1. The van der Waals surface area contributed by atoms with E-state index >= 15 is 0 Å². The molecule has 0 saturated carbocycles. The molecule has 0 unspecified atom stereocenters. The van der Waals surface area contributed by atoms with Crippen LogP contribution in [0, 0.1) is 13.8 Å². The van der Waals surface area contributed by atoms with Crippen LogP contribution in [0.4, 0.5) is 0 Å². The van der Waals surface area contributed by atoms with Gasteiger partial charge in [-0.15, -0.1) is 0 Å². The van der Waals surface area contributed by atoms with Gasteiger partial charge in [0.25, 0.3) is 5.12 Å². The Kier molecular flexibility index (Phi) is 4.37. The highest BCUT2D eigenvalue weighted by Gasteiger charge is 2.41. The van der Waals surface area contributed by atoms with Crippen LogP contribution in [0.3, 0.4) is 0 Å². The van der Waals surface area contributed by atoms with Gasteiger partial charge < -0.3 is 9.47 Å². The molecule has 0 amide bonds. The Hall–Kier alpha value is -2.08. The quantitative estimate of drug-likeness (QED) is 0.696. The van der Waals surface area contributed by atoms with Gasteiger partial charge in [-0.3, -0.25) is 4.57 Å². The molecule has 0 N–H and O–H groups in total. The van der Waals surface area contributed by atoms with Crippen LogP contribution in [-0.4, -0.2) is 22.8 Å². The number of para-hydroxylation sites is 1. The van der Waals surface area contributed by atoms with E-state index in [0.717, 1.165) is 27.8 Å². The molecular formula is C20H20N2O2S. The first-order chi connectivity index (χ1) is 12.2. The number of rotatable bonds is 4. The molecule has 1 aliphatic heterocycles. The van der Waals surface area contributed by atoms with E-state index in [0.29, 0.717) is 13.2 Å². The Bertz CT molecular complexity index is 856. The number of aryl methyl sites for hydroxylation is 1. The fourth-order valence-electron chi connectivity index (χ4n) is 2.97. The molecule has 0 bridgehead atoms. The maximum Gasteiger partial charge on any atom is 0.253 e. The molecule has 1 saturated heterocycles. The van der Waals surface area contributed by atoms with Crippen molar-refractivity contribution in [3.8, 4) is 5.69 Å². The van der Waals surface area contributed by atoms with Gasteiger partial charge in [0.15, 0.2) is 5.16 Å². The molecule has 128 valence electrons. The van der Waals surface area contributed by atoms with Crippen LogP contribution in [0.5, 0.6) is 0 Å². The van der Waals surface area contributed by atoms with E-state index < -0.39 is 5.12 Å². The minimum Gasteiger partial charge on any atom is -0.335 e. The Labute approximate surface area is 151 Å². The third-order valence-electron chi connectivity index (χ3n) is 4.35. The Balaban J connectivity index is 1.79. The summed E-state index contributed by atoms with van der Waals surface area (Å²) in [6.45, 7) is 5.27. The molecule has 5 heteroatoms. The van der Waals surface area contributed by atoms with Crippen molar-refractivity contribution in [3.05, 3.63) is 77.6 Å². The second kappa shape index (κ2) is 6.67. The first kappa shape index (κ1) is 16.4. The third kappa shape index (κ3) is 2.99. The molecule has 0 radical (unpaired) electrons. The molecule has 1 fully saturated rings. The summed E-state index contributed by atoms with van der Waals surface area (Å²) >= 11 is 1.52. The van der Waals surface area contributed by atoms with Crippen LogP contribution < -0.4 is 0 Å². The van der Waals surface area contributed by atoms with Gasteiger partial charge in [0.1, 0.15) is 0 Å². The van der Waals surface area contributed by atoms with Crippen LogP contribution in [0.25, 0.3) is 5.69 Å². The predicted molar refractivity (Wildman–Crippen MR) is 98.9 cm³/mol. The Morgan fingerprint density at radius 3 is 2.16 bits per heavy atom. The first-order valence-electron chi connectivity index (χ1n) is 8.33. The number of hydrogen-bond acceptors (Lipinski definition) is 4. The average molecular weight is 352 g/mol. The van der Waals surface area contributed by atoms with Gasteiger partial charge >= 0.3 is 0 Å². The van der Waals surface area contributed by atoms with Crippen LogP contribution >= 0.6 is 11.8 Å². The van der Waals surface area contributed by atoms with E-state index in [1.54, 1.807) is 0 Å². The molecule has 2 aromatic carbocycles. The zero-order chi connectivity index (χ0) is 17.3. The van der Waals surface area contributed by atoms with Crippen molar-refractivity contribution in [1.29, 1.82) is 0 Å². The molecule has 0 aliphatic carbocycles. The number of benzene rings is 2. The highest BCUT2D eigenvalue weighted by molar-refractivity contribution is 7.99. The predicted octanol–water partition coefficient (Wildman–Crippen LogP) is 4.44. The van der Waals surface area contributed by atoms with E-state index in [2.05, 4.69) is 23.6 Å². The van der Waals surface area contributed by atoms with Crippen LogP contribution in [0.1, 0.15) is 17.0 Å². The number of hydrogen-bond donors (Lipinski definition) is 0. The number of nitrogens with zero attached hydrogens (tertiary/aromatic N) is 2. The molecule has 1 aliphatic rings. The molecule has 25 heavy (non-hydrogen) atoms. The van der Waals surface area contributed by atoms with Gasteiger partial charge in [-0.05, 0) is 37.7 Å². The lowest BCUT2D eigenvalue weighted by atomic mass is 10.2. The largest absolute Gasteiger partial charge is 0.335 e. The SMILES string of the molecule is Cc1nc(SC2(c3ccccc3)OCCO2)n(-c2ccccc2)c1C. The molecule has 1 aromatic heterocycles. The zero-order valence-corrected chi connectivity index (χ0v) is 15.1. The molecular weight excluding hydrogens is 332 g/mol. The molecule has 4 rings (SSSR count). The zero-order valence-electron chi connectivity index (χ0n) is 14.3. The summed E-state index contributed by atoms with van der Waals surface area (Å²) in [5, 5.41) is 0.0184. The maximum atomic E-state index is 6.06. The maximum absolute atomic E-state index is 6.06. The summed E-state index contributed by atoms with van der Waals surface area (Å²) in [7, 11) is 0. The third-order valence-corrected chi connectivity index (χ3v) is 5.55. The summed E-state index contributed by atoms with van der Waals surface area (Å²) in [4.78, 5) is 4.79. The van der Waals surface area contributed by atoms with Gasteiger partial charge in [-0.2, -0.15) is 0 Å². The van der Waals surface area contributed by atoms with Crippen molar-refractivity contribution in [1.82, 2.24) is 9.55 Å². The smallest absolute Gasteiger partial charge is 0.253 e.